The van der Waals surface area contributed by atoms with Crippen molar-refractivity contribution in [3.8, 4) is 5.88 Å². The first-order valence-corrected chi connectivity index (χ1v) is 5.71. The molecule has 3 N–H and O–H groups in total. The number of amides is 1. The van der Waals surface area contributed by atoms with E-state index in [-0.39, 0.29) is 6.61 Å². The number of nitrogens with two attached hydrogens (primary N) is 1. The number of primary amides is 1. The third-order valence-electron chi connectivity index (χ3n) is 2.27. The number of benzene rings is 1. The minimum Gasteiger partial charge on any atom is -0.467 e. The number of carbonyl (C=O) groups excluding carboxylic acids is 1. The maximum absolute atomic E-state index is 10.6. The van der Waals surface area contributed by atoms with Crippen molar-refractivity contribution in [2.75, 3.05) is 11.9 Å². The summed E-state index contributed by atoms with van der Waals surface area (Å²) >= 11 is 0. The van der Waals surface area contributed by atoms with Gasteiger partial charge < -0.3 is 15.8 Å². The van der Waals surface area contributed by atoms with Crippen molar-refractivity contribution in [2.24, 2.45) is 5.73 Å². The highest BCUT2D eigenvalue weighted by molar-refractivity contribution is 5.75. The van der Waals surface area contributed by atoms with Gasteiger partial charge in [0.1, 0.15) is 0 Å². The zero-order valence-corrected chi connectivity index (χ0v) is 10.5. The molecule has 1 aromatic heterocycles. The lowest BCUT2D eigenvalue weighted by molar-refractivity contribution is -0.120. The number of rotatable bonds is 5. The van der Waals surface area contributed by atoms with Gasteiger partial charge in [-0.25, -0.2) is 4.98 Å². The van der Waals surface area contributed by atoms with Crippen LogP contribution in [-0.4, -0.2) is 22.5 Å². The van der Waals surface area contributed by atoms with E-state index in [1.165, 1.54) is 0 Å². The number of hydrogen-bond acceptors (Lipinski definition) is 5. The van der Waals surface area contributed by atoms with Gasteiger partial charge in [-0.15, -0.1) is 0 Å². The van der Waals surface area contributed by atoms with E-state index in [4.69, 9.17) is 10.5 Å². The molecule has 0 fully saturated rings. The fourth-order valence-electron chi connectivity index (χ4n) is 1.48. The van der Waals surface area contributed by atoms with Crippen LogP contribution in [0.25, 0.3) is 0 Å². The highest BCUT2D eigenvalue weighted by Crippen LogP contribution is 2.16. The van der Waals surface area contributed by atoms with E-state index in [1.807, 2.05) is 31.2 Å². The summed E-state index contributed by atoms with van der Waals surface area (Å²) in [6, 6.07) is 9.38. The van der Waals surface area contributed by atoms with Crippen molar-refractivity contribution in [2.45, 2.75) is 6.92 Å². The number of hydrogen-bond donors (Lipinski definition) is 2. The maximum atomic E-state index is 10.6. The summed E-state index contributed by atoms with van der Waals surface area (Å²) in [6.07, 6.45) is 1.54. The summed E-state index contributed by atoms with van der Waals surface area (Å²) in [4.78, 5) is 18.8. The van der Waals surface area contributed by atoms with Crippen molar-refractivity contribution in [1.82, 2.24) is 9.97 Å². The van der Waals surface area contributed by atoms with Crippen LogP contribution in [0.15, 0.2) is 36.5 Å². The first-order valence-electron chi connectivity index (χ1n) is 5.71. The Morgan fingerprint density at radius 3 is 3.00 bits per heavy atom. The second-order valence-corrected chi connectivity index (χ2v) is 3.97. The van der Waals surface area contributed by atoms with Crippen LogP contribution >= 0.6 is 0 Å². The zero-order chi connectivity index (χ0) is 13.7. The van der Waals surface area contributed by atoms with Crippen LogP contribution in [0, 0.1) is 6.92 Å². The molecule has 6 nitrogen and oxygen atoms in total. The lowest BCUT2D eigenvalue weighted by atomic mass is 10.2. The summed E-state index contributed by atoms with van der Waals surface area (Å²) in [5, 5.41) is 3.05. The van der Waals surface area contributed by atoms with Gasteiger partial charge in [0.05, 0.1) is 0 Å². The van der Waals surface area contributed by atoms with Crippen LogP contribution < -0.4 is 15.8 Å². The van der Waals surface area contributed by atoms with Gasteiger partial charge in [0.25, 0.3) is 5.91 Å². The SMILES string of the molecule is Cc1cccc(Nc2nccc(OCC(N)=O)n2)c1. The molecule has 0 aliphatic rings. The summed E-state index contributed by atoms with van der Waals surface area (Å²) in [7, 11) is 0. The number of carbonyl (C=O) groups is 1. The van der Waals surface area contributed by atoms with Crippen LogP contribution in [0.2, 0.25) is 0 Å². The van der Waals surface area contributed by atoms with Gasteiger partial charge in [0.2, 0.25) is 11.8 Å². The molecular weight excluding hydrogens is 244 g/mol. The molecule has 0 saturated carbocycles. The second kappa shape index (κ2) is 5.81. The van der Waals surface area contributed by atoms with Crippen molar-refractivity contribution >= 4 is 17.5 Å². The molecule has 0 saturated heterocycles. The van der Waals surface area contributed by atoms with Gasteiger partial charge in [0, 0.05) is 18.0 Å². The number of nitrogens with one attached hydrogen (secondary N) is 1. The average molecular weight is 258 g/mol. The second-order valence-electron chi connectivity index (χ2n) is 3.97. The van der Waals surface area contributed by atoms with Gasteiger partial charge in [-0.2, -0.15) is 4.98 Å². The van der Waals surface area contributed by atoms with E-state index >= 15 is 0 Å². The van der Waals surface area contributed by atoms with Crippen LogP contribution in [0.3, 0.4) is 0 Å². The fourth-order valence-corrected chi connectivity index (χ4v) is 1.48. The average Bonchev–Trinajstić information content (AvgIpc) is 2.37. The molecule has 1 amide bonds. The first-order chi connectivity index (χ1) is 9.13. The minimum atomic E-state index is -0.549. The molecule has 19 heavy (non-hydrogen) atoms. The Balaban J connectivity index is 2.08. The van der Waals surface area contributed by atoms with Crippen molar-refractivity contribution in [3.63, 3.8) is 0 Å². The summed E-state index contributed by atoms with van der Waals surface area (Å²) < 4.78 is 5.10. The van der Waals surface area contributed by atoms with Crippen molar-refractivity contribution in [1.29, 1.82) is 0 Å². The third kappa shape index (κ3) is 3.95. The molecule has 1 heterocycles. The Hall–Kier alpha value is -2.63. The maximum Gasteiger partial charge on any atom is 0.255 e. The highest BCUT2D eigenvalue weighted by Gasteiger charge is 2.02. The van der Waals surface area contributed by atoms with E-state index in [1.54, 1.807) is 12.3 Å². The predicted molar refractivity (Wildman–Crippen MR) is 71.2 cm³/mol. The van der Waals surface area contributed by atoms with E-state index in [9.17, 15) is 4.79 Å². The molecule has 0 atom stereocenters. The largest absolute Gasteiger partial charge is 0.467 e. The van der Waals surface area contributed by atoms with Crippen molar-refractivity contribution in [3.05, 3.63) is 42.1 Å². The molecule has 0 radical (unpaired) electrons. The van der Waals surface area contributed by atoms with Gasteiger partial charge in [-0.1, -0.05) is 12.1 Å². The number of anilines is 2. The summed E-state index contributed by atoms with van der Waals surface area (Å²) in [5.74, 6) is 0.142. The molecule has 2 aromatic rings. The van der Waals surface area contributed by atoms with Gasteiger partial charge >= 0.3 is 0 Å². The molecule has 0 bridgehead atoms. The molecule has 2 rings (SSSR count). The Kier molecular flexibility index (Phi) is 3.92. The molecular formula is C13H14N4O2. The molecule has 0 spiro atoms. The quantitative estimate of drug-likeness (QED) is 0.845. The number of ether oxygens (including phenoxy) is 1. The lowest BCUT2D eigenvalue weighted by Gasteiger charge is -2.07. The molecule has 98 valence electrons. The molecule has 6 heteroatoms. The lowest BCUT2D eigenvalue weighted by Crippen LogP contribution is -2.20. The molecule has 1 aromatic carbocycles. The van der Waals surface area contributed by atoms with E-state index in [0.29, 0.717) is 11.8 Å². The van der Waals surface area contributed by atoms with Crippen molar-refractivity contribution < 1.29 is 9.53 Å². The topological polar surface area (TPSA) is 90.1 Å². The third-order valence-corrected chi connectivity index (χ3v) is 2.27. The Bertz CT molecular complexity index is 586. The van der Waals surface area contributed by atoms with Crippen LogP contribution in [0.1, 0.15) is 5.56 Å². The minimum absolute atomic E-state index is 0.207. The normalized spacial score (nSPS) is 9.95. The Morgan fingerprint density at radius 2 is 2.26 bits per heavy atom. The molecule has 0 aliphatic heterocycles. The van der Waals surface area contributed by atoms with Crippen LogP contribution in [0.4, 0.5) is 11.6 Å². The monoisotopic (exact) mass is 258 g/mol. The molecule has 0 aliphatic carbocycles. The van der Waals surface area contributed by atoms with Crippen LogP contribution in [-0.2, 0) is 4.79 Å². The van der Waals surface area contributed by atoms with Crippen LogP contribution in [0.5, 0.6) is 5.88 Å². The van der Waals surface area contributed by atoms with E-state index in [2.05, 4.69) is 15.3 Å². The molecule has 0 unspecified atom stereocenters. The predicted octanol–water partition coefficient (Wildman–Crippen LogP) is 1.39. The van der Waals surface area contributed by atoms with E-state index in [0.717, 1.165) is 11.3 Å². The Labute approximate surface area is 110 Å². The first kappa shape index (κ1) is 12.8. The number of aryl methyl sites for hydroxylation is 1. The van der Waals surface area contributed by atoms with Gasteiger partial charge in [0.15, 0.2) is 6.61 Å². The number of nitrogens with zero attached hydrogens (tertiary/aromatic N) is 2. The summed E-state index contributed by atoms with van der Waals surface area (Å²) in [5.41, 5.74) is 7.01. The number of aromatic nitrogens is 2. The van der Waals surface area contributed by atoms with Gasteiger partial charge in [-0.3, -0.25) is 4.79 Å². The Morgan fingerprint density at radius 1 is 1.42 bits per heavy atom. The zero-order valence-electron chi connectivity index (χ0n) is 10.5. The smallest absolute Gasteiger partial charge is 0.255 e. The van der Waals surface area contributed by atoms with Gasteiger partial charge in [-0.05, 0) is 24.6 Å². The standard InChI is InChI=1S/C13H14N4O2/c1-9-3-2-4-10(7-9)16-13-15-6-5-12(17-13)19-8-11(14)18/h2-7H,8H2,1H3,(H2,14,18)(H,15,16,17). The van der Waals surface area contributed by atoms with E-state index < -0.39 is 5.91 Å². The highest BCUT2D eigenvalue weighted by atomic mass is 16.5. The summed E-state index contributed by atoms with van der Waals surface area (Å²) in [6.45, 7) is 1.79. The fraction of sp³-hybridized carbons (Fsp3) is 0.154.